The van der Waals surface area contributed by atoms with Gasteiger partial charge in [-0.1, -0.05) is 6.42 Å². The van der Waals surface area contributed by atoms with Gasteiger partial charge in [-0.25, -0.2) is 4.79 Å². The number of carbonyl (C=O) groups excluding carboxylic acids is 1. The summed E-state index contributed by atoms with van der Waals surface area (Å²) in [5.41, 5.74) is 0. The highest BCUT2D eigenvalue weighted by Crippen LogP contribution is 2.28. The van der Waals surface area contributed by atoms with Crippen LogP contribution in [-0.2, 0) is 4.74 Å². The molecule has 112 valence electrons. The summed E-state index contributed by atoms with van der Waals surface area (Å²) in [6.45, 7) is 2.07. The van der Waals surface area contributed by atoms with Crippen molar-refractivity contribution in [3.8, 4) is 0 Å². The number of esters is 1. The second kappa shape index (κ2) is 7.18. The number of methoxy groups -OCH3 is 1. The van der Waals surface area contributed by atoms with Crippen LogP contribution in [-0.4, -0.2) is 30.6 Å². The minimum Gasteiger partial charge on any atom is -0.463 e. The van der Waals surface area contributed by atoms with E-state index >= 15 is 0 Å². The second-order valence-corrected chi connectivity index (χ2v) is 6.44. The fraction of sp³-hybridized carbons (Fsp3) is 0.667. The van der Waals surface area contributed by atoms with Crippen molar-refractivity contribution < 1.29 is 13.9 Å². The van der Waals surface area contributed by atoms with Gasteiger partial charge in [0.15, 0.2) is 0 Å². The van der Waals surface area contributed by atoms with Crippen LogP contribution in [0.3, 0.4) is 0 Å². The van der Waals surface area contributed by atoms with E-state index in [0.717, 1.165) is 11.0 Å². The van der Waals surface area contributed by atoms with Crippen molar-refractivity contribution in [1.82, 2.24) is 5.32 Å². The predicted molar refractivity (Wildman–Crippen MR) is 81.2 cm³/mol. The summed E-state index contributed by atoms with van der Waals surface area (Å²) in [6.07, 6.45) is 7.20. The van der Waals surface area contributed by atoms with Crippen LogP contribution in [0.2, 0.25) is 0 Å². The Morgan fingerprint density at radius 1 is 1.50 bits per heavy atom. The van der Waals surface area contributed by atoms with Gasteiger partial charge in [0.25, 0.3) is 0 Å². The van der Waals surface area contributed by atoms with Crippen molar-refractivity contribution in [2.45, 2.75) is 49.9 Å². The van der Waals surface area contributed by atoms with Gasteiger partial charge in [0.05, 0.1) is 13.2 Å². The molecule has 1 heterocycles. The summed E-state index contributed by atoms with van der Waals surface area (Å²) in [5, 5.41) is 4.37. The van der Waals surface area contributed by atoms with E-state index in [1.165, 1.54) is 32.8 Å². The van der Waals surface area contributed by atoms with Crippen LogP contribution in [0.1, 0.15) is 55.0 Å². The molecule has 1 fully saturated rings. The van der Waals surface area contributed by atoms with Gasteiger partial charge < -0.3 is 14.5 Å². The zero-order valence-electron chi connectivity index (χ0n) is 12.3. The lowest BCUT2D eigenvalue weighted by Gasteiger charge is -2.30. The van der Waals surface area contributed by atoms with Gasteiger partial charge in [0, 0.05) is 11.3 Å². The summed E-state index contributed by atoms with van der Waals surface area (Å²) >= 11 is 1.96. The molecule has 0 aliphatic heterocycles. The maximum atomic E-state index is 11.4. The first-order valence-corrected chi connectivity index (χ1v) is 8.39. The number of rotatable bonds is 5. The van der Waals surface area contributed by atoms with E-state index in [1.807, 2.05) is 17.8 Å². The highest BCUT2D eigenvalue weighted by molar-refractivity contribution is 7.99. The number of hydrogen-bond acceptors (Lipinski definition) is 5. The molecule has 0 spiro atoms. The van der Waals surface area contributed by atoms with Crippen LogP contribution in [0.15, 0.2) is 16.5 Å². The molecule has 1 saturated carbocycles. The Bertz CT molecular complexity index is 446. The third-order valence-corrected chi connectivity index (χ3v) is 4.98. The van der Waals surface area contributed by atoms with Crippen molar-refractivity contribution in [3.63, 3.8) is 0 Å². The number of nitrogens with one attached hydrogen (secondary N) is 1. The molecule has 1 aliphatic rings. The Balaban J connectivity index is 1.92. The van der Waals surface area contributed by atoms with Crippen LogP contribution in [0.4, 0.5) is 0 Å². The van der Waals surface area contributed by atoms with Gasteiger partial charge in [0.2, 0.25) is 5.76 Å². The minimum atomic E-state index is -0.427. The smallest absolute Gasteiger partial charge is 0.373 e. The molecular weight excluding hydrogens is 274 g/mol. The van der Waals surface area contributed by atoms with Crippen molar-refractivity contribution in [2.75, 3.05) is 13.4 Å². The highest BCUT2D eigenvalue weighted by atomic mass is 32.2. The SMILES string of the molecule is COC(=O)c1ccc(C(C)NC2CCCC(SC)C2)o1. The van der Waals surface area contributed by atoms with Crippen LogP contribution in [0, 0.1) is 0 Å². The molecule has 1 aromatic rings. The maximum Gasteiger partial charge on any atom is 0.373 e. The molecule has 2 rings (SSSR count). The summed E-state index contributed by atoms with van der Waals surface area (Å²) < 4.78 is 10.2. The molecule has 1 aromatic heterocycles. The third kappa shape index (κ3) is 3.79. The minimum absolute atomic E-state index is 0.110. The van der Waals surface area contributed by atoms with Crippen LogP contribution >= 0.6 is 11.8 Å². The average molecular weight is 297 g/mol. The predicted octanol–water partition coefficient (Wildman–Crippen LogP) is 3.39. The lowest BCUT2D eigenvalue weighted by molar-refractivity contribution is 0.0562. The van der Waals surface area contributed by atoms with Gasteiger partial charge in [-0.15, -0.1) is 0 Å². The molecule has 20 heavy (non-hydrogen) atoms. The van der Waals surface area contributed by atoms with E-state index in [1.54, 1.807) is 6.07 Å². The van der Waals surface area contributed by atoms with Gasteiger partial charge >= 0.3 is 5.97 Å². The zero-order chi connectivity index (χ0) is 14.5. The molecule has 1 aliphatic carbocycles. The largest absolute Gasteiger partial charge is 0.463 e. The number of ether oxygens (including phenoxy) is 1. The lowest BCUT2D eigenvalue weighted by Crippen LogP contribution is -2.36. The number of thioether (sulfide) groups is 1. The fourth-order valence-electron chi connectivity index (χ4n) is 2.74. The molecule has 3 atom stereocenters. The first kappa shape index (κ1) is 15.4. The Kier molecular flexibility index (Phi) is 5.54. The van der Waals surface area contributed by atoms with E-state index < -0.39 is 5.97 Å². The zero-order valence-corrected chi connectivity index (χ0v) is 13.2. The van der Waals surface area contributed by atoms with Gasteiger partial charge in [-0.3, -0.25) is 0 Å². The highest BCUT2D eigenvalue weighted by Gasteiger charge is 2.24. The van der Waals surface area contributed by atoms with Gasteiger partial charge in [0.1, 0.15) is 5.76 Å². The van der Waals surface area contributed by atoms with E-state index in [-0.39, 0.29) is 11.8 Å². The summed E-state index contributed by atoms with van der Waals surface area (Å²) in [5.74, 6) is 0.627. The molecule has 0 radical (unpaired) electrons. The van der Waals surface area contributed by atoms with Gasteiger partial charge in [-0.2, -0.15) is 11.8 Å². The fourth-order valence-corrected chi connectivity index (χ4v) is 3.57. The number of hydrogen-bond donors (Lipinski definition) is 1. The van der Waals surface area contributed by atoms with Crippen molar-refractivity contribution in [3.05, 3.63) is 23.7 Å². The first-order valence-electron chi connectivity index (χ1n) is 7.11. The molecule has 5 heteroatoms. The maximum absolute atomic E-state index is 11.4. The molecule has 0 saturated heterocycles. The van der Waals surface area contributed by atoms with Gasteiger partial charge in [-0.05, 0) is 44.6 Å². The third-order valence-electron chi connectivity index (χ3n) is 3.89. The Labute approximate surface area is 124 Å². The quantitative estimate of drug-likeness (QED) is 0.844. The van der Waals surface area contributed by atoms with Crippen LogP contribution < -0.4 is 5.32 Å². The van der Waals surface area contributed by atoms with Crippen molar-refractivity contribution in [1.29, 1.82) is 0 Å². The molecule has 0 aromatic carbocycles. The Morgan fingerprint density at radius 2 is 2.30 bits per heavy atom. The molecular formula is C15H23NO3S. The van der Waals surface area contributed by atoms with E-state index in [2.05, 4.69) is 23.2 Å². The van der Waals surface area contributed by atoms with E-state index in [4.69, 9.17) is 4.42 Å². The summed E-state index contributed by atoms with van der Waals surface area (Å²) in [4.78, 5) is 11.4. The topological polar surface area (TPSA) is 51.5 Å². The molecule has 0 amide bonds. The standard InChI is InChI=1S/C15H23NO3S/c1-10(13-7-8-14(19-13)15(17)18-2)16-11-5-4-6-12(9-11)20-3/h7-8,10-12,16H,4-6,9H2,1-3H3. The number of furan rings is 1. The van der Waals surface area contributed by atoms with Crippen molar-refractivity contribution in [2.24, 2.45) is 0 Å². The number of carbonyl (C=O) groups is 1. The second-order valence-electron chi connectivity index (χ2n) is 5.30. The summed E-state index contributed by atoms with van der Waals surface area (Å²) in [6, 6.07) is 4.16. The average Bonchev–Trinajstić information content (AvgIpc) is 2.96. The molecule has 4 nitrogen and oxygen atoms in total. The molecule has 0 bridgehead atoms. The normalized spacial score (nSPS) is 24.4. The Morgan fingerprint density at radius 3 is 3.00 bits per heavy atom. The Hall–Kier alpha value is -0.940. The first-order chi connectivity index (χ1) is 9.63. The summed E-state index contributed by atoms with van der Waals surface area (Å²) in [7, 11) is 1.36. The molecule has 1 N–H and O–H groups in total. The van der Waals surface area contributed by atoms with Crippen molar-refractivity contribution >= 4 is 17.7 Å². The van der Waals surface area contributed by atoms with Crippen LogP contribution in [0.5, 0.6) is 0 Å². The van der Waals surface area contributed by atoms with E-state index in [9.17, 15) is 4.79 Å². The van der Waals surface area contributed by atoms with E-state index in [0.29, 0.717) is 6.04 Å². The van der Waals surface area contributed by atoms with Crippen LogP contribution in [0.25, 0.3) is 0 Å². The monoisotopic (exact) mass is 297 g/mol. The molecule has 3 unspecified atom stereocenters. The lowest BCUT2D eigenvalue weighted by atomic mass is 9.94.